The Balaban J connectivity index is 1.59. The molecule has 0 spiro atoms. The van der Waals surface area contributed by atoms with Crippen LogP contribution in [0.4, 0.5) is 0 Å². The number of aromatic nitrogens is 2. The number of hydrogen-bond acceptors (Lipinski definition) is 5. The number of esters is 1. The minimum Gasteiger partial charge on any atom is -0.457 e. The molecule has 25 heavy (non-hydrogen) atoms. The van der Waals surface area contributed by atoms with E-state index in [1.165, 1.54) is 0 Å². The number of carbonyl (C=O) groups is 1. The van der Waals surface area contributed by atoms with E-state index < -0.39 is 0 Å². The summed E-state index contributed by atoms with van der Waals surface area (Å²) in [5.41, 5.74) is 2.00. The first kappa shape index (κ1) is 16.0. The summed E-state index contributed by atoms with van der Waals surface area (Å²) in [6, 6.07) is 9.60. The molecule has 5 heteroatoms. The molecule has 1 aromatic carbocycles. The average molecular weight is 335 g/mol. The van der Waals surface area contributed by atoms with E-state index >= 15 is 0 Å². The van der Waals surface area contributed by atoms with Crippen LogP contribution in [-0.2, 0) is 9.53 Å². The highest BCUT2D eigenvalue weighted by atomic mass is 16.5. The van der Waals surface area contributed by atoms with E-state index in [4.69, 9.17) is 4.74 Å². The number of nitrogens with zero attached hydrogens (tertiary/aromatic N) is 3. The molecule has 0 saturated carbocycles. The van der Waals surface area contributed by atoms with Crippen LogP contribution in [0, 0.1) is 5.92 Å². The van der Waals surface area contributed by atoms with Gasteiger partial charge in [0.1, 0.15) is 6.10 Å². The quantitative estimate of drug-likeness (QED) is 0.635. The molecule has 1 aromatic heterocycles. The molecule has 0 unspecified atom stereocenters. The Bertz CT molecular complexity index is 753. The zero-order chi connectivity index (χ0) is 17.1. The molecule has 1 atom stereocenters. The number of carbonyl (C=O) groups excluding carboxylic acids is 1. The van der Waals surface area contributed by atoms with Crippen molar-refractivity contribution in [2.24, 2.45) is 5.92 Å². The second-order valence-electron chi connectivity index (χ2n) is 6.64. The highest BCUT2D eigenvalue weighted by Crippen LogP contribution is 2.31. The fourth-order valence-electron chi connectivity index (χ4n) is 3.66. The van der Waals surface area contributed by atoms with Crippen molar-refractivity contribution in [2.75, 3.05) is 19.6 Å². The standard InChI is InChI=1S/C20H21N3O2/c24-20(25-19-14-23-10-6-16(19)7-11-23)18(15-4-2-1-3-5-15)12-17-13-21-8-9-22-17/h1-5,8-9,12-13,16,19H,6-7,10-11,14H2/b18-12-/t19-/m0/s1. The fraction of sp³-hybridized carbons (Fsp3) is 0.350. The lowest BCUT2D eigenvalue weighted by Crippen LogP contribution is -2.52. The Kier molecular flexibility index (Phi) is 4.57. The van der Waals surface area contributed by atoms with Gasteiger partial charge < -0.3 is 4.74 Å². The molecule has 4 heterocycles. The third-order valence-corrected chi connectivity index (χ3v) is 5.03. The number of hydrogen-bond donors (Lipinski definition) is 0. The van der Waals surface area contributed by atoms with Crippen molar-refractivity contribution in [3.05, 3.63) is 60.2 Å². The Morgan fingerprint density at radius 3 is 2.60 bits per heavy atom. The van der Waals surface area contributed by atoms with Gasteiger partial charge in [0.25, 0.3) is 0 Å². The number of rotatable bonds is 4. The van der Waals surface area contributed by atoms with Crippen molar-refractivity contribution >= 4 is 17.6 Å². The summed E-state index contributed by atoms with van der Waals surface area (Å²) in [5.74, 6) is 0.207. The van der Waals surface area contributed by atoms with Crippen LogP contribution in [0.25, 0.3) is 11.6 Å². The summed E-state index contributed by atoms with van der Waals surface area (Å²) in [6.07, 6.45) is 8.86. The zero-order valence-corrected chi connectivity index (χ0v) is 14.0. The van der Waals surface area contributed by atoms with Gasteiger partial charge >= 0.3 is 5.97 Å². The van der Waals surface area contributed by atoms with Gasteiger partial charge in [-0.15, -0.1) is 0 Å². The maximum atomic E-state index is 12.9. The summed E-state index contributed by atoms with van der Waals surface area (Å²) >= 11 is 0. The van der Waals surface area contributed by atoms with E-state index in [1.54, 1.807) is 24.7 Å². The van der Waals surface area contributed by atoms with Crippen molar-refractivity contribution in [3.63, 3.8) is 0 Å². The molecule has 5 nitrogen and oxygen atoms in total. The van der Waals surface area contributed by atoms with Gasteiger partial charge in [-0.25, -0.2) is 4.79 Å². The Morgan fingerprint density at radius 1 is 1.16 bits per heavy atom. The molecule has 5 rings (SSSR count). The van der Waals surface area contributed by atoms with Crippen molar-refractivity contribution in [1.29, 1.82) is 0 Å². The number of fused-ring (bicyclic) bond motifs is 3. The van der Waals surface area contributed by atoms with Crippen molar-refractivity contribution in [1.82, 2.24) is 14.9 Å². The maximum absolute atomic E-state index is 12.9. The fourth-order valence-corrected chi connectivity index (χ4v) is 3.66. The number of benzene rings is 1. The molecule has 3 saturated heterocycles. The van der Waals surface area contributed by atoms with Crippen LogP contribution in [0.5, 0.6) is 0 Å². The van der Waals surface area contributed by atoms with E-state index in [2.05, 4.69) is 14.9 Å². The highest BCUT2D eigenvalue weighted by molar-refractivity contribution is 6.21. The summed E-state index contributed by atoms with van der Waals surface area (Å²) in [7, 11) is 0. The Labute approximate surface area is 147 Å². The second-order valence-corrected chi connectivity index (χ2v) is 6.64. The predicted molar refractivity (Wildman–Crippen MR) is 95.4 cm³/mol. The van der Waals surface area contributed by atoms with Crippen LogP contribution in [0.3, 0.4) is 0 Å². The summed E-state index contributed by atoms with van der Waals surface area (Å²) in [5, 5.41) is 0. The number of piperidine rings is 3. The molecule has 0 N–H and O–H groups in total. The van der Waals surface area contributed by atoms with E-state index in [1.807, 2.05) is 30.3 Å². The summed E-state index contributed by atoms with van der Waals surface area (Å²) in [6.45, 7) is 3.10. The SMILES string of the molecule is O=C(O[C@H]1CN2CCC1CC2)/C(=C\c1cnccn1)c1ccccc1. The van der Waals surface area contributed by atoms with Gasteiger partial charge in [0, 0.05) is 18.9 Å². The lowest BCUT2D eigenvalue weighted by Gasteiger charge is -2.44. The molecule has 3 aliphatic heterocycles. The predicted octanol–water partition coefficient (Wildman–Crippen LogP) is 2.65. The topological polar surface area (TPSA) is 55.3 Å². The first-order valence-corrected chi connectivity index (χ1v) is 8.76. The van der Waals surface area contributed by atoms with E-state index in [-0.39, 0.29) is 12.1 Å². The minimum atomic E-state index is -0.282. The monoisotopic (exact) mass is 335 g/mol. The van der Waals surface area contributed by atoms with Crippen molar-refractivity contribution in [3.8, 4) is 0 Å². The van der Waals surface area contributed by atoms with Crippen LogP contribution in [-0.4, -0.2) is 46.6 Å². The van der Waals surface area contributed by atoms with Gasteiger partial charge in [0.15, 0.2) is 0 Å². The van der Waals surface area contributed by atoms with Gasteiger partial charge in [0.2, 0.25) is 0 Å². The molecule has 0 radical (unpaired) electrons. The minimum absolute atomic E-state index is 0.0102. The van der Waals surface area contributed by atoms with Crippen LogP contribution >= 0.6 is 0 Å². The molecule has 3 aliphatic rings. The first-order valence-electron chi connectivity index (χ1n) is 8.76. The molecular formula is C20H21N3O2. The highest BCUT2D eigenvalue weighted by Gasteiger charge is 2.37. The van der Waals surface area contributed by atoms with Crippen LogP contribution in [0.15, 0.2) is 48.9 Å². The van der Waals surface area contributed by atoms with E-state index in [9.17, 15) is 4.79 Å². The molecule has 3 fully saturated rings. The van der Waals surface area contributed by atoms with Gasteiger partial charge in [-0.05, 0) is 43.5 Å². The third kappa shape index (κ3) is 3.61. The van der Waals surface area contributed by atoms with Gasteiger partial charge in [-0.1, -0.05) is 30.3 Å². The first-order chi connectivity index (χ1) is 12.3. The van der Waals surface area contributed by atoms with Gasteiger partial charge in [-0.3, -0.25) is 14.9 Å². The molecule has 2 bridgehead atoms. The second kappa shape index (κ2) is 7.15. The van der Waals surface area contributed by atoms with Crippen molar-refractivity contribution < 1.29 is 9.53 Å². The molecule has 128 valence electrons. The largest absolute Gasteiger partial charge is 0.457 e. The van der Waals surface area contributed by atoms with Gasteiger partial charge in [0.05, 0.1) is 17.5 Å². The van der Waals surface area contributed by atoms with Gasteiger partial charge in [-0.2, -0.15) is 0 Å². The molecule has 2 aromatic rings. The Morgan fingerprint density at radius 2 is 1.96 bits per heavy atom. The zero-order valence-electron chi connectivity index (χ0n) is 14.0. The van der Waals surface area contributed by atoms with E-state index in [0.717, 1.165) is 38.0 Å². The maximum Gasteiger partial charge on any atom is 0.339 e. The lowest BCUT2D eigenvalue weighted by molar-refractivity contribution is -0.151. The third-order valence-electron chi connectivity index (χ3n) is 5.03. The normalized spacial score (nSPS) is 25.6. The number of ether oxygens (including phenoxy) is 1. The molecule has 0 aliphatic carbocycles. The Hall–Kier alpha value is -2.53. The smallest absolute Gasteiger partial charge is 0.339 e. The van der Waals surface area contributed by atoms with Crippen molar-refractivity contribution in [2.45, 2.75) is 18.9 Å². The van der Waals surface area contributed by atoms with Crippen LogP contribution < -0.4 is 0 Å². The summed E-state index contributed by atoms with van der Waals surface area (Å²) < 4.78 is 5.92. The lowest BCUT2D eigenvalue weighted by atomic mass is 9.86. The summed E-state index contributed by atoms with van der Waals surface area (Å²) in [4.78, 5) is 23.6. The van der Waals surface area contributed by atoms with Crippen LogP contribution in [0.2, 0.25) is 0 Å². The van der Waals surface area contributed by atoms with E-state index in [0.29, 0.717) is 17.2 Å². The molecule has 0 amide bonds. The average Bonchev–Trinajstić information content (AvgIpc) is 2.68. The molecular weight excluding hydrogens is 314 g/mol. The van der Waals surface area contributed by atoms with Crippen LogP contribution in [0.1, 0.15) is 24.1 Å².